The molecule has 2 aromatic rings. The fraction of sp³-hybridized carbons (Fsp3) is 0.533. The molecule has 0 unspecified atom stereocenters. The standard InChI is InChI=1S/C15H20BrN5/c16-13-8-12(9-14(17)10-13)15-18-19-20-21(15)7-3-6-11-4-1-2-5-11/h8-11H,1-7,17H2. The average Bonchev–Trinajstić information content (AvgIpc) is 3.08. The van der Waals surface area contributed by atoms with Crippen molar-refractivity contribution in [3.05, 3.63) is 22.7 Å². The van der Waals surface area contributed by atoms with Crippen molar-refractivity contribution in [2.75, 3.05) is 5.73 Å². The van der Waals surface area contributed by atoms with Gasteiger partial charge in [-0.1, -0.05) is 41.6 Å². The average molecular weight is 350 g/mol. The minimum atomic E-state index is 0.708. The summed E-state index contributed by atoms with van der Waals surface area (Å²) in [5.41, 5.74) is 7.55. The SMILES string of the molecule is Nc1cc(Br)cc(-c2nnnn2CCCC2CCCC2)c1. The monoisotopic (exact) mass is 349 g/mol. The lowest BCUT2D eigenvalue weighted by Crippen LogP contribution is -2.05. The van der Waals surface area contributed by atoms with Crippen LogP contribution in [0.25, 0.3) is 11.4 Å². The number of anilines is 1. The van der Waals surface area contributed by atoms with Crippen molar-refractivity contribution in [2.45, 2.75) is 45.1 Å². The van der Waals surface area contributed by atoms with Crippen LogP contribution in [0.2, 0.25) is 0 Å². The smallest absolute Gasteiger partial charge is 0.182 e. The van der Waals surface area contributed by atoms with E-state index in [4.69, 9.17) is 5.73 Å². The van der Waals surface area contributed by atoms with Crippen LogP contribution < -0.4 is 5.73 Å². The zero-order valence-corrected chi connectivity index (χ0v) is 13.6. The van der Waals surface area contributed by atoms with Gasteiger partial charge in [0.25, 0.3) is 0 Å². The summed E-state index contributed by atoms with van der Waals surface area (Å²) in [5, 5.41) is 12.1. The van der Waals surface area contributed by atoms with Gasteiger partial charge in [-0.25, -0.2) is 4.68 Å². The highest BCUT2D eigenvalue weighted by Crippen LogP contribution is 2.29. The molecule has 5 nitrogen and oxygen atoms in total. The summed E-state index contributed by atoms with van der Waals surface area (Å²) in [6.07, 6.45) is 8.00. The molecule has 0 aliphatic heterocycles. The Kier molecular flexibility index (Phi) is 4.53. The maximum absolute atomic E-state index is 5.89. The van der Waals surface area contributed by atoms with Gasteiger partial charge in [0.15, 0.2) is 5.82 Å². The number of nitrogens with two attached hydrogens (primary N) is 1. The molecule has 1 aliphatic rings. The van der Waals surface area contributed by atoms with E-state index in [1.165, 1.54) is 32.1 Å². The molecule has 2 N–H and O–H groups in total. The molecule has 1 saturated carbocycles. The van der Waals surface area contributed by atoms with Gasteiger partial charge in [0.2, 0.25) is 0 Å². The lowest BCUT2D eigenvalue weighted by Gasteiger charge is -2.09. The molecule has 0 amide bonds. The first-order valence-electron chi connectivity index (χ1n) is 7.55. The maximum Gasteiger partial charge on any atom is 0.182 e. The Balaban J connectivity index is 1.68. The molecule has 1 aromatic carbocycles. The molecule has 0 bridgehead atoms. The van der Waals surface area contributed by atoms with Crippen molar-refractivity contribution in [1.29, 1.82) is 0 Å². The minimum absolute atomic E-state index is 0.708. The second kappa shape index (κ2) is 6.56. The van der Waals surface area contributed by atoms with Gasteiger partial charge < -0.3 is 5.73 Å². The van der Waals surface area contributed by atoms with E-state index < -0.39 is 0 Å². The lowest BCUT2D eigenvalue weighted by molar-refractivity contribution is 0.444. The molecule has 0 spiro atoms. The number of aromatic nitrogens is 4. The molecule has 1 heterocycles. The fourth-order valence-corrected chi connectivity index (χ4v) is 3.64. The summed E-state index contributed by atoms with van der Waals surface area (Å²) in [6, 6.07) is 5.77. The van der Waals surface area contributed by atoms with Crippen LogP contribution in [-0.4, -0.2) is 20.2 Å². The van der Waals surface area contributed by atoms with Gasteiger partial charge in [0.1, 0.15) is 0 Å². The van der Waals surface area contributed by atoms with Gasteiger partial charge in [-0.3, -0.25) is 0 Å². The van der Waals surface area contributed by atoms with Crippen molar-refractivity contribution >= 4 is 21.6 Å². The van der Waals surface area contributed by atoms with Crippen LogP contribution in [0, 0.1) is 5.92 Å². The molecule has 0 radical (unpaired) electrons. The molecule has 1 aliphatic carbocycles. The third-order valence-corrected chi connectivity index (χ3v) is 4.63. The number of tetrazole rings is 1. The summed E-state index contributed by atoms with van der Waals surface area (Å²) < 4.78 is 2.83. The number of aryl methyl sites for hydroxylation is 1. The molecular formula is C15H20BrN5. The first kappa shape index (κ1) is 14.5. The Morgan fingerprint density at radius 1 is 1.24 bits per heavy atom. The van der Waals surface area contributed by atoms with E-state index in [1.54, 1.807) is 0 Å². The Morgan fingerprint density at radius 2 is 2.05 bits per heavy atom. The Labute approximate surface area is 133 Å². The number of nitrogens with zero attached hydrogens (tertiary/aromatic N) is 4. The van der Waals surface area contributed by atoms with E-state index in [9.17, 15) is 0 Å². The van der Waals surface area contributed by atoms with E-state index in [2.05, 4.69) is 31.5 Å². The zero-order valence-electron chi connectivity index (χ0n) is 12.0. The van der Waals surface area contributed by atoms with Gasteiger partial charge in [0, 0.05) is 22.3 Å². The molecule has 21 heavy (non-hydrogen) atoms. The largest absolute Gasteiger partial charge is 0.399 e. The van der Waals surface area contributed by atoms with Crippen LogP contribution in [0.1, 0.15) is 38.5 Å². The number of halogens is 1. The number of hydrogen-bond acceptors (Lipinski definition) is 4. The van der Waals surface area contributed by atoms with Crippen LogP contribution in [0.15, 0.2) is 22.7 Å². The van der Waals surface area contributed by atoms with Crippen molar-refractivity contribution < 1.29 is 0 Å². The van der Waals surface area contributed by atoms with Gasteiger partial charge >= 0.3 is 0 Å². The van der Waals surface area contributed by atoms with Gasteiger partial charge in [-0.15, -0.1) is 5.10 Å². The van der Waals surface area contributed by atoms with Crippen LogP contribution in [-0.2, 0) is 6.54 Å². The van der Waals surface area contributed by atoms with E-state index in [0.29, 0.717) is 5.69 Å². The van der Waals surface area contributed by atoms with E-state index >= 15 is 0 Å². The van der Waals surface area contributed by atoms with Crippen molar-refractivity contribution in [2.24, 2.45) is 5.92 Å². The number of rotatable bonds is 5. The van der Waals surface area contributed by atoms with E-state index in [-0.39, 0.29) is 0 Å². The summed E-state index contributed by atoms with van der Waals surface area (Å²) in [6.45, 7) is 0.866. The number of hydrogen-bond donors (Lipinski definition) is 1. The van der Waals surface area contributed by atoms with E-state index in [1.807, 2.05) is 22.9 Å². The van der Waals surface area contributed by atoms with Crippen LogP contribution in [0.3, 0.4) is 0 Å². The first-order chi connectivity index (χ1) is 10.2. The topological polar surface area (TPSA) is 69.6 Å². The Hall–Kier alpha value is -1.43. The van der Waals surface area contributed by atoms with Crippen LogP contribution in [0.4, 0.5) is 5.69 Å². The fourth-order valence-electron chi connectivity index (χ4n) is 3.13. The highest BCUT2D eigenvalue weighted by Gasteiger charge is 2.15. The molecule has 1 fully saturated rings. The molecule has 0 atom stereocenters. The molecule has 0 saturated heterocycles. The lowest BCUT2D eigenvalue weighted by atomic mass is 10.0. The number of nitrogen functional groups attached to an aromatic ring is 1. The maximum atomic E-state index is 5.89. The highest BCUT2D eigenvalue weighted by molar-refractivity contribution is 9.10. The predicted molar refractivity (Wildman–Crippen MR) is 86.6 cm³/mol. The molecule has 112 valence electrons. The summed E-state index contributed by atoms with van der Waals surface area (Å²) in [7, 11) is 0. The molecule has 3 rings (SSSR count). The molecular weight excluding hydrogens is 330 g/mol. The van der Waals surface area contributed by atoms with Gasteiger partial charge in [-0.05, 0) is 47.4 Å². The highest BCUT2D eigenvalue weighted by atomic mass is 79.9. The Morgan fingerprint density at radius 3 is 2.81 bits per heavy atom. The Bertz CT molecular complexity index is 584. The second-order valence-corrected chi connectivity index (χ2v) is 6.71. The minimum Gasteiger partial charge on any atom is -0.399 e. The predicted octanol–water partition coefficient (Wildman–Crippen LogP) is 3.66. The summed E-state index contributed by atoms with van der Waals surface area (Å²) >= 11 is 3.46. The van der Waals surface area contributed by atoms with Crippen molar-refractivity contribution in [1.82, 2.24) is 20.2 Å². The number of benzene rings is 1. The van der Waals surface area contributed by atoms with Gasteiger partial charge in [-0.2, -0.15) is 0 Å². The zero-order chi connectivity index (χ0) is 14.7. The first-order valence-corrected chi connectivity index (χ1v) is 8.34. The van der Waals surface area contributed by atoms with Crippen LogP contribution >= 0.6 is 15.9 Å². The van der Waals surface area contributed by atoms with Crippen molar-refractivity contribution in [3.8, 4) is 11.4 Å². The summed E-state index contributed by atoms with van der Waals surface area (Å²) in [4.78, 5) is 0. The normalized spacial score (nSPS) is 15.7. The molecule has 1 aromatic heterocycles. The van der Waals surface area contributed by atoms with Crippen molar-refractivity contribution in [3.63, 3.8) is 0 Å². The second-order valence-electron chi connectivity index (χ2n) is 5.79. The third-order valence-electron chi connectivity index (χ3n) is 4.17. The third kappa shape index (κ3) is 3.61. The van der Waals surface area contributed by atoms with Gasteiger partial charge in [0.05, 0.1) is 0 Å². The summed E-state index contributed by atoms with van der Waals surface area (Å²) in [5.74, 6) is 1.70. The molecule has 6 heteroatoms. The van der Waals surface area contributed by atoms with E-state index in [0.717, 1.165) is 34.7 Å². The van der Waals surface area contributed by atoms with Crippen LogP contribution in [0.5, 0.6) is 0 Å². The quantitative estimate of drug-likeness (QED) is 0.836.